The Bertz CT molecular complexity index is 1150. The monoisotopic (exact) mass is 391 g/mol. The molecule has 0 spiro atoms. The summed E-state index contributed by atoms with van der Waals surface area (Å²) >= 11 is 0. The Morgan fingerprint density at radius 3 is 2.18 bits per heavy atom. The van der Waals surface area contributed by atoms with Crippen molar-refractivity contribution < 1.29 is 12.8 Å². The van der Waals surface area contributed by atoms with Crippen molar-refractivity contribution in [2.75, 3.05) is 4.31 Å². The highest BCUT2D eigenvalue weighted by Crippen LogP contribution is 2.26. The molecule has 140 valence electrons. The molecule has 0 radical (unpaired) electrons. The van der Waals surface area contributed by atoms with Gasteiger partial charge in [0.1, 0.15) is 12.0 Å². The van der Waals surface area contributed by atoms with E-state index in [9.17, 15) is 8.42 Å². The van der Waals surface area contributed by atoms with Crippen molar-refractivity contribution in [3.63, 3.8) is 0 Å². The topological polar surface area (TPSA) is 76.3 Å². The van der Waals surface area contributed by atoms with Crippen LogP contribution in [0.3, 0.4) is 0 Å². The lowest BCUT2D eigenvalue weighted by Gasteiger charge is -2.23. The first-order valence-electron chi connectivity index (χ1n) is 8.62. The van der Waals surface area contributed by atoms with Crippen LogP contribution < -0.4 is 4.31 Å². The van der Waals surface area contributed by atoms with Crippen molar-refractivity contribution in [1.29, 1.82) is 0 Å². The molecule has 7 heteroatoms. The Morgan fingerprint density at radius 1 is 0.857 bits per heavy atom. The highest BCUT2D eigenvalue weighted by atomic mass is 32.2. The molecule has 0 N–H and O–H groups in total. The van der Waals surface area contributed by atoms with Crippen molar-refractivity contribution in [1.82, 2.24) is 9.97 Å². The Hall–Kier alpha value is -3.45. The van der Waals surface area contributed by atoms with Crippen LogP contribution in [0.5, 0.6) is 0 Å². The van der Waals surface area contributed by atoms with Crippen LogP contribution >= 0.6 is 0 Å². The van der Waals surface area contributed by atoms with Gasteiger partial charge in [-0.25, -0.2) is 13.4 Å². The Kier molecular flexibility index (Phi) is 4.90. The molecule has 2 aromatic heterocycles. The highest BCUT2D eigenvalue weighted by Gasteiger charge is 2.26. The summed E-state index contributed by atoms with van der Waals surface area (Å²) in [4.78, 5) is 8.65. The molecule has 6 nitrogen and oxygen atoms in total. The number of benzene rings is 2. The van der Waals surface area contributed by atoms with Crippen molar-refractivity contribution >= 4 is 15.7 Å². The first-order chi connectivity index (χ1) is 13.6. The molecule has 0 atom stereocenters. The van der Waals surface area contributed by atoms with Crippen LogP contribution in [0, 0.1) is 0 Å². The summed E-state index contributed by atoms with van der Waals surface area (Å²) in [5, 5.41) is 0. The molecule has 4 aromatic rings. The Morgan fingerprint density at radius 2 is 1.50 bits per heavy atom. The van der Waals surface area contributed by atoms with E-state index in [0.29, 0.717) is 17.3 Å². The number of anilines is 1. The van der Waals surface area contributed by atoms with Crippen LogP contribution in [0.4, 0.5) is 5.69 Å². The maximum Gasteiger partial charge on any atom is 0.264 e. The lowest BCUT2D eigenvalue weighted by Crippen LogP contribution is -2.30. The number of hydrogen-bond donors (Lipinski definition) is 0. The van der Waals surface area contributed by atoms with Gasteiger partial charge >= 0.3 is 0 Å². The fourth-order valence-corrected chi connectivity index (χ4v) is 4.24. The number of rotatable bonds is 6. The third kappa shape index (κ3) is 3.65. The predicted molar refractivity (Wildman–Crippen MR) is 106 cm³/mol. The second-order valence-corrected chi connectivity index (χ2v) is 7.90. The van der Waals surface area contributed by atoms with Gasteiger partial charge in [0.2, 0.25) is 5.89 Å². The first-order valence-corrected chi connectivity index (χ1v) is 10.1. The van der Waals surface area contributed by atoms with Crippen LogP contribution in [0.2, 0.25) is 0 Å². The standard InChI is InChI=1S/C21H17N3O3S/c25-28(26,20-9-5-2-6-10-20)24(19-11-13-22-14-12-19)15-18-16-27-21(23-18)17-7-3-1-4-8-17/h1-14,16H,15H2. The number of hydrogen-bond acceptors (Lipinski definition) is 5. The molecular formula is C21H17N3O3S. The molecular weight excluding hydrogens is 374 g/mol. The molecule has 0 fully saturated rings. The number of pyridine rings is 1. The zero-order valence-electron chi connectivity index (χ0n) is 14.8. The van der Waals surface area contributed by atoms with E-state index in [-0.39, 0.29) is 11.4 Å². The van der Waals surface area contributed by atoms with Gasteiger partial charge < -0.3 is 4.42 Å². The summed E-state index contributed by atoms with van der Waals surface area (Å²) in [5.41, 5.74) is 1.84. The van der Waals surface area contributed by atoms with Gasteiger partial charge in [0.15, 0.2) is 0 Å². The quantitative estimate of drug-likeness (QED) is 0.494. The van der Waals surface area contributed by atoms with E-state index in [1.807, 2.05) is 30.3 Å². The number of aromatic nitrogens is 2. The van der Waals surface area contributed by atoms with Crippen LogP contribution in [-0.4, -0.2) is 18.4 Å². The number of sulfonamides is 1. The number of nitrogens with zero attached hydrogens (tertiary/aromatic N) is 3. The molecule has 0 saturated carbocycles. The van der Waals surface area contributed by atoms with E-state index in [4.69, 9.17) is 4.42 Å². The summed E-state index contributed by atoms with van der Waals surface area (Å²) in [6.45, 7) is 0.0393. The van der Waals surface area contributed by atoms with Gasteiger partial charge in [0, 0.05) is 18.0 Å². The average molecular weight is 391 g/mol. The summed E-state index contributed by atoms with van der Waals surface area (Å²) in [6.07, 6.45) is 4.60. The minimum Gasteiger partial charge on any atom is -0.444 e. The molecule has 0 aliphatic heterocycles. The van der Waals surface area contributed by atoms with Crippen molar-refractivity contribution in [3.8, 4) is 11.5 Å². The zero-order valence-corrected chi connectivity index (χ0v) is 15.7. The predicted octanol–water partition coefficient (Wildman–Crippen LogP) is 4.13. The molecule has 0 unspecified atom stereocenters. The van der Waals surface area contributed by atoms with Crippen molar-refractivity contribution in [3.05, 3.63) is 97.1 Å². The summed E-state index contributed by atoms with van der Waals surface area (Å²) < 4.78 is 33.4. The normalized spacial score (nSPS) is 11.3. The zero-order chi connectivity index (χ0) is 19.4. The fourth-order valence-electron chi connectivity index (χ4n) is 2.79. The van der Waals surface area contributed by atoms with Gasteiger partial charge in [0.05, 0.1) is 17.1 Å². The van der Waals surface area contributed by atoms with Gasteiger partial charge in [0.25, 0.3) is 10.0 Å². The fraction of sp³-hybridized carbons (Fsp3) is 0.0476. The average Bonchev–Trinajstić information content (AvgIpc) is 3.23. The SMILES string of the molecule is O=S(=O)(c1ccccc1)N(Cc1coc(-c2ccccc2)n1)c1ccncc1. The van der Waals surface area contributed by atoms with Crippen LogP contribution in [-0.2, 0) is 16.6 Å². The molecule has 0 aliphatic carbocycles. The van der Waals surface area contributed by atoms with Crippen LogP contribution in [0.15, 0.2) is 101 Å². The van der Waals surface area contributed by atoms with Gasteiger partial charge in [-0.2, -0.15) is 0 Å². The third-order valence-corrected chi connectivity index (χ3v) is 5.95. The van der Waals surface area contributed by atoms with Crippen molar-refractivity contribution in [2.24, 2.45) is 0 Å². The maximum absolute atomic E-state index is 13.3. The van der Waals surface area contributed by atoms with E-state index in [2.05, 4.69) is 9.97 Å². The lowest BCUT2D eigenvalue weighted by molar-refractivity contribution is 0.572. The van der Waals surface area contributed by atoms with E-state index in [0.717, 1.165) is 5.56 Å². The van der Waals surface area contributed by atoms with Crippen molar-refractivity contribution in [2.45, 2.75) is 11.4 Å². The van der Waals surface area contributed by atoms with Gasteiger partial charge in [-0.15, -0.1) is 0 Å². The van der Waals surface area contributed by atoms with E-state index in [1.54, 1.807) is 54.9 Å². The Labute approximate surface area is 163 Å². The lowest BCUT2D eigenvalue weighted by atomic mass is 10.2. The molecule has 0 amide bonds. The molecule has 0 saturated heterocycles. The van der Waals surface area contributed by atoms with Crippen LogP contribution in [0.25, 0.3) is 11.5 Å². The van der Waals surface area contributed by atoms with E-state index in [1.165, 1.54) is 10.6 Å². The highest BCUT2D eigenvalue weighted by molar-refractivity contribution is 7.92. The molecule has 4 rings (SSSR count). The minimum atomic E-state index is -3.78. The van der Waals surface area contributed by atoms with Gasteiger partial charge in [-0.1, -0.05) is 36.4 Å². The second kappa shape index (κ2) is 7.66. The van der Waals surface area contributed by atoms with E-state index >= 15 is 0 Å². The Balaban J connectivity index is 1.71. The maximum atomic E-state index is 13.3. The summed E-state index contributed by atoms with van der Waals surface area (Å²) in [7, 11) is -3.78. The van der Waals surface area contributed by atoms with Gasteiger partial charge in [-0.3, -0.25) is 9.29 Å². The van der Waals surface area contributed by atoms with Crippen LogP contribution in [0.1, 0.15) is 5.69 Å². The molecule has 2 heterocycles. The van der Waals surface area contributed by atoms with Gasteiger partial charge in [-0.05, 0) is 36.4 Å². The van der Waals surface area contributed by atoms with E-state index < -0.39 is 10.0 Å². The number of oxazole rings is 1. The third-order valence-electron chi connectivity index (χ3n) is 4.16. The molecule has 0 bridgehead atoms. The molecule has 28 heavy (non-hydrogen) atoms. The second-order valence-electron chi connectivity index (χ2n) is 6.04. The minimum absolute atomic E-state index is 0.0393. The smallest absolute Gasteiger partial charge is 0.264 e. The largest absolute Gasteiger partial charge is 0.444 e. The molecule has 2 aromatic carbocycles. The molecule has 0 aliphatic rings. The first kappa shape index (κ1) is 17.9. The summed E-state index contributed by atoms with van der Waals surface area (Å²) in [6, 6.07) is 21.1. The summed E-state index contributed by atoms with van der Waals surface area (Å²) in [5.74, 6) is 0.447.